The van der Waals surface area contributed by atoms with Crippen LogP contribution in [0.2, 0.25) is 0 Å². The summed E-state index contributed by atoms with van der Waals surface area (Å²) in [4.78, 5) is 4.18. The van der Waals surface area contributed by atoms with Gasteiger partial charge in [-0.1, -0.05) is 13.3 Å². The minimum Gasteiger partial charge on any atom is -0.380 e. The van der Waals surface area contributed by atoms with E-state index in [-0.39, 0.29) is 0 Å². The quantitative estimate of drug-likeness (QED) is 0.673. The Labute approximate surface area is 89.5 Å². The van der Waals surface area contributed by atoms with Gasteiger partial charge in [0.1, 0.15) is 5.01 Å². The van der Waals surface area contributed by atoms with Gasteiger partial charge in [-0.2, -0.15) is 0 Å². The summed E-state index contributed by atoms with van der Waals surface area (Å²) in [5.74, 6) is 0. The number of ether oxygens (including phenoxy) is 1. The van der Waals surface area contributed by atoms with Gasteiger partial charge in [-0.15, -0.1) is 11.3 Å². The van der Waals surface area contributed by atoms with Crippen LogP contribution in [0, 0.1) is 0 Å². The fourth-order valence-corrected chi connectivity index (χ4v) is 1.61. The molecule has 0 amide bonds. The molecule has 4 heteroatoms. The Morgan fingerprint density at radius 3 is 3.14 bits per heavy atom. The molecule has 1 rings (SSSR count). The van der Waals surface area contributed by atoms with E-state index in [1.807, 2.05) is 11.6 Å². The zero-order chi connectivity index (χ0) is 10.1. The molecule has 0 atom stereocenters. The Morgan fingerprint density at radius 2 is 2.43 bits per heavy atom. The van der Waals surface area contributed by atoms with E-state index in [1.165, 1.54) is 6.42 Å². The number of unbranched alkanes of at least 4 members (excludes halogenated alkanes) is 1. The zero-order valence-electron chi connectivity index (χ0n) is 8.66. The van der Waals surface area contributed by atoms with Gasteiger partial charge in [0, 0.05) is 31.3 Å². The van der Waals surface area contributed by atoms with Crippen molar-refractivity contribution in [3.8, 4) is 0 Å². The maximum atomic E-state index is 5.41. The van der Waals surface area contributed by atoms with Gasteiger partial charge in [0.05, 0.1) is 6.61 Å². The highest BCUT2D eigenvalue weighted by atomic mass is 32.1. The topological polar surface area (TPSA) is 34.1 Å². The molecule has 0 fully saturated rings. The van der Waals surface area contributed by atoms with Gasteiger partial charge in [-0.25, -0.2) is 4.98 Å². The van der Waals surface area contributed by atoms with Gasteiger partial charge >= 0.3 is 0 Å². The molecule has 1 N–H and O–H groups in total. The molecule has 0 bridgehead atoms. The highest BCUT2D eigenvalue weighted by Crippen LogP contribution is 2.01. The van der Waals surface area contributed by atoms with Crippen LogP contribution >= 0.6 is 11.3 Å². The minimum atomic E-state index is 0.797. The smallest absolute Gasteiger partial charge is 0.106 e. The second kappa shape index (κ2) is 7.91. The Hall–Kier alpha value is -0.450. The normalized spacial score (nSPS) is 10.6. The summed E-state index contributed by atoms with van der Waals surface area (Å²) in [7, 11) is 0. The van der Waals surface area contributed by atoms with Crippen LogP contribution in [0.3, 0.4) is 0 Å². The molecule has 0 saturated heterocycles. The van der Waals surface area contributed by atoms with Crippen LogP contribution < -0.4 is 5.32 Å². The number of thiazole rings is 1. The van der Waals surface area contributed by atoms with E-state index in [0.717, 1.165) is 37.7 Å². The van der Waals surface area contributed by atoms with Crippen molar-refractivity contribution >= 4 is 11.3 Å². The van der Waals surface area contributed by atoms with Crippen LogP contribution in [0.5, 0.6) is 0 Å². The summed E-state index contributed by atoms with van der Waals surface area (Å²) in [5.41, 5.74) is 0. The van der Waals surface area contributed by atoms with E-state index < -0.39 is 0 Å². The molecule has 1 aromatic rings. The van der Waals surface area contributed by atoms with Gasteiger partial charge in [0.15, 0.2) is 0 Å². The molecule has 80 valence electrons. The molecule has 0 aromatic carbocycles. The second-order valence-corrected chi connectivity index (χ2v) is 4.05. The van der Waals surface area contributed by atoms with Crippen LogP contribution in [-0.4, -0.2) is 24.7 Å². The molecule has 0 spiro atoms. The number of rotatable bonds is 8. The lowest BCUT2D eigenvalue weighted by atomic mass is 10.4. The molecule has 0 aliphatic heterocycles. The lowest BCUT2D eigenvalue weighted by Gasteiger charge is -2.03. The predicted octanol–water partition coefficient (Wildman–Crippen LogP) is 2.05. The lowest BCUT2D eigenvalue weighted by Crippen LogP contribution is -2.19. The number of hydrogen-bond acceptors (Lipinski definition) is 4. The molecule has 0 unspecified atom stereocenters. The number of nitrogens with one attached hydrogen (secondary N) is 1. The largest absolute Gasteiger partial charge is 0.380 e. The average Bonchev–Trinajstić information content (AvgIpc) is 2.69. The molecule has 0 aliphatic carbocycles. The van der Waals surface area contributed by atoms with Crippen molar-refractivity contribution in [3.05, 3.63) is 16.6 Å². The summed E-state index contributed by atoms with van der Waals surface area (Å²) in [6.07, 6.45) is 4.19. The van der Waals surface area contributed by atoms with E-state index in [0.29, 0.717) is 0 Å². The van der Waals surface area contributed by atoms with E-state index in [1.54, 1.807) is 11.3 Å². The van der Waals surface area contributed by atoms with Crippen LogP contribution in [0.1, 0.15) is 24.8 Å². The van der Waals surface area contributed by atoms with Gasteiger partial charge in [-0.3, -0.25) is 0 Å². The molecule has 1 aromatic heterocycles. The number of aromatic nitrogens is 1. The van der Waals surface area contributed by atoms with Gasteiger partial charge < -0.3 is 10.1 Å². The first-order chi connectivity index (χ1) is 6.93. The first kappa shape index (κ1) is 11.6. The van der Waals surface area contributed by atoms with E-state index in [9.17, 15) is 0 Å². The molecule has 0 aliphatic rings. The SMILES string of the molecule is CCCCOCCNCc1nccs1. The second-order valence-electron chi connectivity index (χ2n) is 3.07. The maximum absolute atomic E-state index is 5.41. The van der Waals surface area contributed by atoms with Crippen LogP contribution in [0.4, 0.5) is 0 Å². The van der Waals surface area contributed by atoms with Crippen LogP contribution in [0.15, 0.2) is 11.6 Å². The van der Waals surface area contributed by atoms with Gasteiger partial charge in [0.25, 0.3) is 0 Å². The molecule has 1 heterocycles. The van der Waals surface area contributed by atoms with Crippen molar-refractivity contribution in [2.24, 2.45) is 0 Å². The number of hydrogen-bond donors (Lipinski definition) is 1. The summed E-state index contributed by atoms with van der Waals surface area (Å²) < 4.78 is 5.41. The fourth-order valence-electron chi connectivity index (χ4n) is 1.03. The summed E-state index contributed by atoms with van der Waals surface area (Å²) in [6.45, 7) is 5.61. The average molecular weight is 214 g/mol. The lowest BCUT2D eigenvalue weighted by molar-refractivity contribution is 0.133. The van der Waals surface area contributed by atoms with Crippen molar-refractivity contribution in [1.82, 2.24) is 10.3 Å². The molecular weight excluding hydrogens is 196 g/mol. The van der Waals surface area contributed by atoms with Crippen molar-refractivity contribution in [1.29, 1.82) is 0 Å². The van der Waals surface area contributed by atoms with Crippen molar-refractivity contribution in [3.63, 3.8) is 0 Å². The fraction of sp³-hybridized carbons (Fsp3) is 0.700. The Kier molecular flexibility index (Phi) is 6.57. The third-order valence-electron chi connectivity index (χ3n) is 1.83. The first-order valence-corrected chi connectivity index (χ1v) is 5.98. The van der Waals surface area contributed by atoms with E-state index >= 15 is 0 Å². The standard InChI is InChI=1S/C10H18N2OS/c1-2-3-6-13-7-4-11-9-10-12-5-8-14-10/h5,8,11H,2-4,6-7,9H2,1H3. The van der Waals surface area contributed by atoms with Gasteiger partial charge in [0.2, 0.25) is 0 Å². The van der Waals surface area contributed by atoms with E-state index in [4.69, 9.17) is 4.74 Å². The molecule has 3 nitrogen and oxygen atoms in total. The van der Waals surface area contributed by atoms with Crippen molar-refractivity contribution in [2.45, 2.75) is 26.3 Å². The summed E-state index contributed by atoms with van der Waals surface area (Å²) >= 11 is 1.68. The Bertz CT molecular complexity index is 214. The van der Waals surface area contributed by atoms with E-state index in [2.05, 4.69) is 17.2 Å². The predicted molar refractivity (Wildman–Crippen MR) is 59.5 cm³/mol. The van der Waals surface area contributed by atoms with Crippen LogP contribution in [-0.2, 0) is 11.3 Å². The summed E-state index contributed by atoms with van der Waals surface area (Å²) in [5, 5.41) is 6.42. The monoisotopic (exact) mass is 214 g/mol. The first-order valence-electron chi connectivity index (χ1n) is 5.10. The van der Waals surface area contributed by atoms with Gasteiger partial charge in [-0.05, 0) is 6.42 Å². The van der Waals surface area contributed by atoms with Crippen LogP contribution in [0.25, 0.3) is 0 Å². The highest BCUT2D eigenvalue weighted by Gasteiger charge is 1.93. The third-order valence-corrected chi connectivity index (χ3v) is 2.60. The molecule has 0 radical (unpaired) electrons. The molecule has 14 heavy (non-hydrogen) atoms. The highest BCUT2D eigenvalue weighted by molar-refractivity contribution is 7.09. The molecule has 0 saturated carbocycles. The van der Waals surface area contributed by atoms with Crippen molar-refractivity contribution in [2.75, 3.05) is 19.8 Å². The Morgan fingerprint density at radius 1 is 1.50 bits per heavy atom. The Balaban J connectivity index is 1.85. The third kappa shape index (κ3) is 5.32. The number of nitrogens with zero attached hydrogens (tertiary/aromatic N) is 1. The minimum absolute atomic E-state index is 0.797. The summed E-state index contributed by atoms with van der Waals surface area (Å²) in [6, 6.07) is 0. The maximum Gasteiger partial charge on any atom is 0.106 e. The zero-order valence-corrected chi connectivity index (χ0v) is 9.48. The molecular formula is C10H18N2OS. The van der Waals surface area contributed by atoms with Crippen molar-refractivity contribution < 1.29 is 4.74 Å².